The fourth-order valence-electron chi connectivity index (χ4n) is 2.50. The molecule has 6 heteroatoms. The van der Waals surface area contributed by atoms with E-state index in [-0.39, 0.29) is 16.6 Å². The van der Waals surface area contributed by atoms with Gasteiger partial charge in [0.15, 0.2) is 5.69 Å². The maximum absolute atomic E-state index is 13.0. The Morgan fingerprint density at radius 1 is 1.24 bits per heavy atom. The van der Waals surface area contributed by atoms with Gasteiger partial charge in [-0.05, 0) is 19.4 Å². The van der Waals surface area contributed by atoms with Crippen LogP contribution in [-0.2, 0) is 6.54 Å². The van der Waals surface area contributed by atoms with Crippen molar-refractivity contribution < 1.29 is 4.79 Å². The van der Waals surface area contributed by atoms with Gasteiger partial charge in [0.2, 0.25) is 5.95 Å². The van der Waals surface area contributed by atoms with Crippen LogP contribution in [-0.4, -0.2) is 40.4 Å². The third-order valence-electron chi connectivity index (χ3n) is 3.83. The van der Waals surface area contributed by atoms with Crippen molar-refractivity contribution in [1.82, 2.24) is 14.9 Å². The van der Waals surface area contributed by atoms with Gasteiger partial charge in [-0.2, -0.15) is 0 Å². The van der Waals surface area contributed by atoms with E-state index in [0.29, 0.717) is 19.0 Å². The SMILES string of the molecule is C=CCN(Cc1ccccc1)C(=O)c1nc(N(CC)CC)ncc1Cl. The Kier molecular flexibility index (Phi) is 6.95. The lowest BCUT2D eigenvalue weighted by atomic mass is 10.2. The zero-order chi connectivity index (χ0) is 18.2. The van der Waals surface area contributed by atoms with Crippen LogP contribution in [0.4, 0.5) is 5.95 Å². The molecule has 1 amide bonds. The van der Waals surface area contributed by atoms with Crippen molar-refractivity contribution >= 4 is 23.5 Å². The summed E-state index contributed by atoms with van der Waals surface area (Å²) in [4.78, 5) is 25.3. The van der Waals surface area contributed by atoms with E-state index < -0.39 is 0 Å². The number of nitrogens with zero attached hydrogens (tertiary/aromatic N) is 4. The van der Waals surface area contributed by atoms with E-state index in [9.17, 15) is 4.79 Å². The highest BCUT2D eigenvalue weighted by atomic mass is 35.5. The largest absolute Gasteiger partial charge is 0.341 e. The van der Waals surface area contributed by atoms with Crippen LogP contribution in [0, 0.1) is 0 Å². The summed E-state index contributed by atoms with van der Waals surface area (Å²) >= 11 is 6.21. The molecule has 2 aromatic rings. The lowest BCUT2D eigenvalue weighted by molar-refractivity contribution is 0.0757. The minimum atomic E-state index is -0.232. The van der Waals surface area contributed by atoms with E-state index in [1.165, 1.54) is 6.20 Å². The molecule has 0 spiro atoms. The number of aromatic nitrogens is 2. The predicted octanol–water partition coefficient (Wildman–Crippen LogP) is 3.80. The van der Waals surface area contributed by atoms with Crippen molar-refractivity contribution in [2.75, 3.05) is 24.5 Å². The molecule has 25 heavy (non-hydrogen) atoms. The van der Waals surface area contributed by atoms with Crippen LogP contribution in [0.5, 0.6) is 0 Å². The van der Waals surface area contributed by atoms with Crippen molar-refractivity contribution in [3.63, 3.8) is 0 Å². The zero-order valence-electron chi connectivity index (χ0n) is 14.7. The molecular weight excluding hydrogens is 336 g/mol. The Bertz CT molecular complexity index is 717. The van der Waals surface area contributed by atoms with Crippen molar-refractivity contribution in [2.45, 2.75) is 20.4 Å². The zero-order valence-corrected chi connectivity index (χ0v) is 15.4. The normalized spacial score (nSPS) is 10.4. The van der Waals surface area contributed by atoms with E-state index in [1.807, 2.05) is 49.1 Å². The van der Waals surface area contributed by atoms with E-state index in [2.05, 4.69) is 16.5 Å². The summed E-state index contributed by atoms with van der Waals surface area (Å²) in [7, 11) is 0. The molecule has 1 heterocycles. The first kappa shape index (κ1) is 18.9. The topological polar surface area (TPSA) is 49.3 Å². The van der Waals surface area contributed by atoms with Gasteiger partial charge >= 0.3 is 0 Å². The van der Waals surface area contributed by atoms with E-state index in [4.69, 9.17) is 11.6 Å². The number of benzene rings is 1. The second-order valence-corrected chi connectivity index (χ2v) is 5.91. The van der Waals surface area contributed by atoms with Crippen LogP contribution >= 0.6 is 11.6 Å². The number of anilines is 1. The number of carbonyl (C=O) groups is 1. The second-order valence-electron chi connectivity index (χ2n) is 5.50. The summed E-state index contributed by atoms with van der Waals surface area (Å²) in [5.41, 5.74) is 1.25. The summed E-state index contributed by atoms with van der Waals surface area (Å²) in [6.45, 7) is 10.2. The van der Waals surface area contributed by atoms with Crippen molar-refractivity contribution in [2.24, 2.45) is 0 Å². The Morgan fingerprint density at radius 2 is 1.92 bits per heavy atom. The fraction of sp³-hybridized carbons (Fsp3) is 0.316. The Labute approximate surface area is 154 Å². The minimum absolute atomic E-state index is 0.219. The number of rotatable bonds is 8. The highest BCUT2D eigenvalue weighted by molar-refractivity contribution is 6.33. The molecule has 2 rings (SSSR count). The molecular formula is C19H23ClN4O. The van der Waals surface area contributed by atoms with Crippen molar-refractivity contribution in [3.05, 3.63) is 65.5 Å². The standard InChI is InChI=1S/C19H23ClN4O/c1-4-12-24(14-15-10-8-7-9-11-15)18(25)17-16(20)13-21-19(22-17)23(5-2)6-3/h4,7-11,13H,1,5-6,12,14H2,2-3H3. The van der Waals surface area contributed by atoms with Gasteiger partial charge in [0.25, 0.3) is 5.91 Å². The number of amides is 1. The Morgan fingerprint density at radius 3 is 2.52 bits per heavy atom. The number of hydrogen-bond acceptors (Lipinski definition) is 4. The third-order valence-corrected chi connectivity index (χ3v) is 4.11. The number of carbonyl (C=O) groups excluding carboxylic acids is 1. The van der Waals surface area contributed by atoms with Gasteiger partial charge in [0.05, 0.1) is 11.2 Å². The predicted molar refractivity (Wildman–Crippen MR) is 102 cm³/mol. The third kappa shape index (κ3) is 4.79. The van der Waals surface area contributed by atoms with E-state index in [1.54, 1.807) is 11.0 Å². The van der Waals surface area contributed by atoms with Crippen LogP contribution in [0.1, 0.15) is 29.9 Å². The molecule has 1 aromatic carbocycles. The molecule has 0 fully saturated rings. The quantitative estimate of drug-likeness (QED) is 0.673. The first-order valence-electron chi connectivity index (χ1n) is 8.32. The van der Waals surface area contributed by atoms with Gasteiger partial charge in [-0.3, -0.25) is 4.79 Å². The lowest BCUT2D eigenvalue weighted by Gasteiger charge is -2.23. The monoisotopic (exact) mass is 358 g/mol. The fourth-order valence-corrected chi connectivity index (χ4v) is 2.67. The maximum atomic E-state index is 13.0. The average molecular weight is 359 g/mol. The van der Waals surface area contributed by atoms with Gasteiger partial charge in [-0.25, -0.2) is 9.97 Å². The van der Waals surface area contributed by atoms with E-state index in [0.717, 1.165) is 18.7 Å². The highest BCUT2D eigenvalue weighted by Crippen LogP contribution is 2.19. The molecule has 0 atom stereocenters. The highest BCUT2D eigenvalue weighted by Gasteiger charge is 2.21. The van der Waals surface area contributed by atoms with Crippen molar-refractivity contribution in [1.29, 1.82) is 0 Å². The molecule has 1 aromatic heterocycles. The molecule has 132 valence electrons. The van der Waals surface area contributed by atoms with Crippen LogP contribution in [0.2, 0.25) is 5.02 Å². The smallest absolute Gasteiger partial charge is 0.274 e. The first-order valence-corrected chi connectivity index (χ1v) is 8.70. The van der Waals surface area contributed by atoms with Gasteiger partial charge in [0.1, 0.15) is 0 Å². The summed E-state index contributed by atoms with van der Waals surface area (Å²) in [5, 5.41) is 0.253. The second kappa shape index (κ2) is 9.18. The molecule has 0 bridgehead atoms. The summed E-state index contributed by atoms with van der Waals surface area (Å²) in [6, 6.07) is 9.80. The van der Waals surface area contributed by atoms with Gasteiger partial charge in [0, 0.05) is 26.2 Å². The Hall–Kier alpha value is -2.40. The minimum Gasteiger partial charge on any atom is -0.341 e. The van der Waals surface area contributed by atoms with Crippen LogP contribution in [0.3, 0.4) is 0 Å². The Balaban J connectivity index is 2.31. The lowest BCUT2D eigenvalue weighted by Crippen LogP contribution is -2.32. The summed E-state index contributed by atoms with van der Waals surface area (Å²) in [6.07, 6.45) is 3.19. The molecule has 0 aliphatic carbocycles. The van der Waals surface area contributed by atoms with Gasteiger partial charge in [-0.1, -0.05) is 48.0 Å². The maximum Gasteiger partial charge on any atom is 0.274 e. The number of hydrogen-bond donors (Lipinski definition) is 0. The molecule has 0 aliphatic rings. The summed E-state index contributed by atoms with van der Waals surface area (Å²) in [5.74, 6) is 0.278. The molecule has 5 nitrogen and oxygen atoms in total. The average Bonchev–Trinajstić information content (AvgIpc) is 2.64. The molecule has 0 saturated heterocycles. The molecule has 0 N–H and O–H groups in total. The summed E-state index contributed by atoms with van der Waals surface area (Å²) < 4.78 is 0. The molecule has 0 unspecified atom stereocenters. The van der Waals surface area contributed by atoms with Crippen LogP contribution in [0.15, 0.2) is 49.2 Å². The van der Waals surface area contributed by atoms with E-state index >= 15 is 0 Å². The number of halogens is 1. The van der Waals surface area contributed by atoms with Crippen LogP contribution < -0.4 is 4.90 Å². The van der Waals surface area contributed by atoms with Crippen LogP contribution in [0.25, 0.3) is 0 Å². The van der Waals surface area contributed by atoms with Gasteiger partial charge in [-0.15, -0.1) is 6.58 Å². The van der Waals surface area contributed by atoms with Gasteiger partial charge < -0.3 is 9.80 Å². The molecule has 0 saturated carbocycles. The van der Waals surface area contributed by atoms with Crippen molar-refractivity contribution in [3.8, 4) is 0 Å². The first-order chi connectivity index (χ1) is 12.1. The molecule has 0 aliphatic heterocycles. The molecule has 0 radical (unpaired) electrons.